The normalized spacial score (nSPS) is 10.6. The molecule has 2 aromatic rings. The quantitative estimate of drug-likeness (QED) is 0.377. The lowest BCUT2D eigenvalue weighted by Crippen LogP contribution is -2.25. The Labute approximate surface area is 167 Å². The van der Waals surface area contributed by atoms with Gasteiger partial charge in [-0.15, -0.1) is 0 Å². The van der Waals surface area contributed by atoms with Gasteiger partial charge in [-0.2, -0.15) is 5.10 Å². The van der Waals surface area contributed by atoms with Crippen molar-refractivity contribution in [3.05, 3.63) is 58.1 Å². The first-order valence-electron chi connectivity index (χ1n) is 8.65. The number of anilines is 1. The molecular weight excluding hydrogens is 410 g/mol. The molecule has 142 valence electrons. The van der Waals surface area contributed by atoms with Crippen LogP contribution in [0.25, 0.3) is 0 Å². The third-order valence-electron chi connectivity index (χ3n) is 3.66. The molecule has 0 aliphatic carbocycles. The average Bonchev–Trinajstić information content (AvgIpc) is 2.64. The van der Waals surface area contributed by atoms with Gasteiger partial charge >= 0.3 is 0 Å². The maximum Gasteiger partial charge on any atom is 0.249 e. The van der Waals surface area contributed by atoms with Gasteiger partial charge in [-0.25, -0.2) is 5.43 Å². The minimum atomic E-state index is -0.495. The first kappa shape index (κ1) is 20.6. The number of halogens is 1. The van der Waals surface area contributed by atoms with E-state index in [0.29, 0.717) is 17.9 Å². The molecule has 0 aliphatic heterocycles. The third kappa shape index (κ3) is 6.53. The molecule has 0 unspecified atom stereocenters. The molecular formula is C20H22BrN3O3. The van der Waals surface area contributed by atoms with E-state index >= 15 is 0 Å². The van der Waals surface area contributed by atoms with E-state index in [1.807, 2.05) is 56.3 Å². The van der Waals surface area contributed by atoms with Crippen LogP contribution in [0.3, 0.4) is 0 Å². The lowest BCUT2D eigenvalue weighted by Gasteiger charge is -2.09. The fourth-order valence-electron chi connectivity index (χ4n) is 2.41. The van der Waals surface area contributed by atoms with Crippen molar-refractivity contribution in [2.75, 3.05) is 11.9 Å². The fraction of sp³-hybridized carbons (Fsp3) is 0.250. The van der Waals surface area contributed by atoms with Gasteiger partial charge in [0.05, 0.1) is 12.8 Å². The monoisotopic (exact) mass is 431 g/mol. The summed E-state index contributed by atoms with van der Waals surface area (Å²) in [5.74, 6) is -0.223. The average molecular weight is 432 g/mol. The van der Waals surface area contributed by atoms with Gasteiger partial charge in [-0.1, -0.05) is 41.1 Å². The summed E-state index contributed by atoms with van der Waals surface area (Å²) in [4.78, 5) is 24.0. The first-order valence-corrected chi connectivity index (χ1v) is 9.44. The number of benzene rings is 2. The zero-order valence-corrected chi connectivity index (χ0v) is 16.9. The van der Waals surface area contributed by atoms with E-state index in [-0.39, 0.29) is 12.3 Å². The second-order valence-electron chi connectivity index (χ2n) is 5.64. The molecule has 2 N–H and O–H groups in total. The van der Waals surface area contributed by atoms with Crippen LogP contribution in [0.15, 0.2) is 52.0 Å². The van der Waals surface area contributed by atoms with Gasteiger partial charge in [0.25, 0.3) is 0 Å². The fourth-order valence-corrected chi connectivity index (χ4v) is 2.79. The van der Waals surface area contributed by atoms with Crippen molar-refractivity contribution < 1.29 is 14.3 Å². The largest absolute Gasteiger partial charge is 0.493 e. The van der Waals surface area contributed by atoms with Crippen LogP contribution in [0, 0.1) is 0 Å². The van der Waals surface area contributed by atoms with Crippen molar-refractivity contribution in [2.45, 2.75) is 26.7 Å². The summed E-state index contributed by atoms with van der Waals surface area (Å²) in [6.45, 7) is 4.42. The molecule has 0 heterocycles. The number of carbonyl (C=O) groups excluding carboxylic acids is 2. The van der Waals surface area contributed by atoms with E-state index in [0.717, 1.165) is 22.1 Å². The Bertz CT molecular complexity index is 837. The van der Waals surface area contributed by atoms with Crippen LogP contribution in [0.5, 0.6) is 5.75 Å². The minimum Gasteiger partial charge on any atom is -0.493 e. The summed E-state index contributed by atoms with van der Waals surface area (Å²) in [5.41, 5.74) is 4.81. The number of carbonyl (C=O) groups is 2. The summed E-state index contributed by atoms with van der Waals surface area (Å²) in [6, 6.07) is 13.0. The van der Waals surface area contributed by atoms with Crippen LogP contribution in [0.4, 0.5) is 5.69 Å². The Hall–Kier alpha value is -2.67. The first-order chi connectivity index (χ1) is 13.0. The van der Waals surface area contributed by atoms with Crippen LogP contribution >= 0.6 is 15.9 Å². The predicted octanol–water partition coefficient (Wildman–Crippen LogP) is 3.89. The molecule has 0 saturated heterocycles. The van der Waals surface area contributed by atoms with Crippen molar-refractivity contribution in [1.82, 2.24) is 5.43 Å². The molecule has 7 heteroatoms. The number of amides is 2. The zero-order chi connectivity index (χ0) is 19.6. The highest BCUT2D eigenvalue weighted by Gasteiger charge is 2.10. The molecule has 0 atom stereocenters. The van der Waals surface area contributed by atoms with E-state index in [1.54, 1.807) is 0 Å². The number of ether oxygens (including phenoxy) is 1. The molecule has 2 rings (SSSR count). The van der Waals surface area contributed by atoms with Crippen molar-refractivity contribution in [1.29, 1.82) is 0 Å². The van der Waals surface area contributed by atoms with Gasteiger partial charge in [0.1, 0.15) is 12.2 Å². The summed E-state index contributed by atoms with van der Waals surface area (Å²) in [5, 5.41) is 6.67. The molecule has 0 fully saturated rings. The van der Waals surface area contributed by atoms with Crippen molar-refractivity contribution in [2.24, 2.45) is 5.10 Å². The van der Waals surface area contributed by atoms with E-state index in [1.165, 1.54) is 6.21 Å². The Morgan fingerprint density at radius 2 is 1.93 bits per heavy atom. The number of para-hydroxylation sites is 1. The molecule has 6 nitrogen and oxygen atoms in total. The summed E-state index contributed by atoms with van der Waals surface area (Å²) in [7, 11) is 0. The molecule has 0 aromatic heterocycles. The number of hydrogen-bond acceptors (Lipinski definition) is 4. The number of hydrazone groups is 1. The molecule has 0 saturated carbocycles. The maximum absolute atomic E-state index is 12.1. The van der Waals surface area contributed by atoms with E-state index in [2.05, 4.69) is 31.8 Å². The van der Waals surface area contributed by atoms with Gasteiger partial charge in [-0.05, 0) is 43.2 Å². The van der Waals surface area contributed by atoms with E-state index in [9.17, 15) is 9.59 Å². The third-order valence-corrected chi connectivity index (χ3v) is 4.15. The number of nitrogens with one attached hydrogen (secondary N) is 2. The van der Waals surface area contributed by atoms with Crippen LogP contribution in [-0.4, -0.2) is 24.6 Å². The van der Waals surface area contributed by atoms with Crippen LogP contribution in [0.2, 0.25) is 0 Å². The highest BCUT2D eigenvalue weighted by Crippen LogP contribution is 2.21. The van der Waals surface area contributed by atoms with Gasteiger partial charge < -0.3 is 10.1 Å². The molecule has 0 aliphatic rings. The summed E-state index contributed by atoms with van der Waals surface area (Å²) in [6.07, 6.45) is 1.96. The number of nitrogens with zero attached hydrogens (tertiary/aromatic N) is 1. The summed E-state index contributed by atoms with van der Waals surface area (Å²) < 4.78 is 6.38. The molecule has 27 heavy (non-hydrogen) atoms. The van der Waals surface area contributed by atoms with Crippen molar-refractivity contribution in [3.63, 3.8) is 0 Å². The van der Waals surface area contributed by atoms with Crippen LogP contribution < -0.4 is 15.5 Å². The molecule has 2 amide bonds. The van der Waals surface area contributed by atoms with Crippen LogP contribution in [-0.2, 0) is 16.0 Å². The Morgan fingerprint density at radius 1 is 1.15 bits per heavy atom. The SMILES string of the molecule is CCOc1ccc(Br)cc1C=NNC(=O)CC(=O)Nc1ccccc1CC. The molecule has 2 aromatic carbocycles. The molecule has 0 spiro atoms. The number of aryl methyl sites for hydroxylation is 1. The highest BCUT2D eigenvalue weighted by atomic mass is 79.9. The van der Waals surface area contributed by atoms with Gasteiger partial charge in [-0.3, -0.25) is 9.59 Å². The van der Waals surface area contributed by atoms with Gasteiger partial charge in [0, 0.05) is 15.7 Å². The Morgan fingerprint density at radius 3 is 2.67 bits per heavy atom. The van der Waals surface area contributed by atoms with Gasteiger partial charge in [0.2, 0.25) is 11.8 Å². The maximum atomic E-state index is 12.1. The standard InChI is InChI=1S/C20H22BrN3O3/c1-3-14-7-5-6-8-17(14)23-19(25)12-20(26)24-22-13-15-11-16(21)9-10-18(15)27-4-2/h5-11,13H,3-4,12H2,1-2H3,(H,23,25)(H,24,26). The van der Waals surface area contributed by atoms with Crippen molar-refractivity contribution in [3.8, 4) is 5.75 Å². The minimum absolute atomic E-state index is 0.313. The molecule has 0 radical (unpaired) electrons. The lowest BCUT2D eigenvalue weighted by atomic mass is 10.1. The number of hydrogen-bond donors (Lipinski definition) is 2. The predicted molar refractivity (Wildman–Crippen MR) is 110 cm³/mol. The van der Waals surface area contributed by atoms with Crippen LogP contribution in [0.1, 0.15) is 31.4 Å². The number of rotatable bonds is 8. The van der Waals surface area contributed by atoms with E-state index in [4.69, 9.17) is 4.74 Å². The smallest absolute Gasteiger partial charge is 0.249 e. The Kier molecular flexibility index (Phi) is 8.00. The Balaban J connectivity index is 1.91. The second-order valence-corrected chi connectivity index (χ2v) is 6.56. The van der Waals surface area contributed by atoms with E-state index < -0.39 is 5.91 Å². The zero-order valence-electron chi connectivity index (χ0n) is 15.3. The second kappa shape index (κ2) is 10.5. The van der Waals surface area contributed by atoms with Crippen molar-refractivity contribution >= 4 is 39.6 Å². The highest BCUT2D eigenvalue weighted by molar-refractivity contribution is 9.10. The van der Waals surface area contributed by atoms with Gasteiger partial charge in [0.15, 0.2) is 0 Å². The molecule has 0 bridgehead atoms. The lowest BCUT2D eigenvalue weighted by molar-refractivity contribution is -0.126. The summed E-state index contributed by atoms with van der Waals surface area (Å²) >= 11 is 3.39. The topological polar surface area (TPSA) is 79.8 Å².